The third-order valence-electron chi connectivity index (χ3n) is 3.02. The highest BCUT2D eigenvalue weighted by molar-refractivity contribution is 7.13. The maximum Gasteiger partial charge on any atom is 0.573 e. The number of benzene rings is 1. The van der Waals surface area contributed by atoms with E-state index in [1.165, 1.54) is 29.5 Å². The zero-order valence-electron chi connectivity index (χ0n) is 11.8. The van der Waals surface area contributed by atoms with Gasteiger partial charge in [-0.1, -0.05) is 12.1 Å². The number of hydrogen-bond donors (Lipinski definition) is 1. The Balaban J connectivity index is 1.73. The average Bonchev–Trinajstić information content (AvgIpc) is 2.97. The monoisotopic (exact) mass is 346 g/mol. The van der Waals surface area contributed by atoms with Crippen LogP contribution in [-0.2, 0) is 9.47 Å². The zero-order valence-corrected chi connectivity index (χ0v) is 12.6. The van der Waals surface area contributed by atoms with Crippen LogP contribution in [0, 0.1) is 0 Å². The number of anilines is 2. The molecule has 0 amide bonds. The van der Waals surface area contributed by atoms with Crippen molar-refractivity contribution in [3.63, 3.8) is 0 Å². The lowest BCUT2D eigenvalue weighted by atomic mass is 10.3. The number of aromatic nitrogens is 1. The van der Waals surface area contributed by atoms with Crippen LogP contribution in [0.25, 0.3) is 0 Å². The molecule has 9 heteroatoms. The first kappa shape index (κ1) is 16.0. The van der Waals surface area contributed by atoms with Gasteiger partial charge in [0.05, 0.1) is 31.2 Å². The highest BCUT2D eigenvalue weighted by Gasteiger charge is 2.32. The van der Waals surface area contributed by atoms with Crippen molar-refractivity contribution in [2.24, 2.45) is 0 Å². The number of alkyl halides is 3. The molecule has 1 aliphatic heterocycles. The van der Waals surface area contributed by atoms with Crippen molar-refractivity contribution in [1.29, 1.82) is 0 Å². The molecule has 1 aromatic carbocycles. The maximum absolute atomic E-state index is 12.4. The van der Waals surface area contributed by atoms with Crippen LogP contribution in [0.5, 0.6) is 5.75 Å². The van der Waals surface area contributed by atoms with Gasteiger partial charge in [-0.05, 0) is 12.1 Å². The van der Waals surface area contributed by atoms with E-state index in [2.05, 4.69) is 15.0 Å². The number of halogens is 3. The topological polar surface area (TPSA) is 52.6 Å². The van der Waals surface area contributed by atoms with Crippen LogP contribution in [-0.4, -0.2) is 31.2 Å². The summed E-state index contributed by atoms with van der Waals surface area (Å²) in [5.74, 6) is -0.311. The van der Waals surface area contributed by atoms with E-state index in [0.717, 1.165) is 0 Å². The lowest BCUT2D eigenvalue weighted by molar-refractivity contribution is -0.274. The molecular weight excluding hydrogens is 333 g/mol. The largest absolute Gasteiger partial charge is 0.573 e. The van der Waals surface area contributed by atoms with Gasteiger partial charge in [0, 0.05) is 5.38 Å². The SMILES string of the molecule is FC(F)(F)Oc1ccccc1Nc1nc(C2COCCO2)cs1. The fourth-order valence-electron chi connectivity index (χ4n) is 2.05. The van der Waals surface area contributed by atoms with Crippen LogP contribution in [0.2, 0.25) is 0 Å². The van der Waals surface area contributed by atoms with Gasteiger partial charge in [-0.3, -0.25) is 0 Å². The smallest absolute Gasteiger partial charge is 0.404 e. The molecule has 0 bridgehead atoms. The highest BCUT2D eigenvalue weighted by Crippen LogP contribution is 2.33. The predicted octanol–water partition coefficient (Wildman–Crippen LogP) is 3.87. The van der Waals surface area contributed by atoms with Gasteiger partial charge in [0.1, 0.15) is 6.10 Å². The summed E-state index contributed by atoms with van der Waals surface area (Å²) in [6.45, 7) is 1.46. The summed E-state index contributed by atoms with van der Waals surface area (Å²) in [7, 11) is 0. The molecule has 1 aromatic heterocycles. The fourth-order valence-corrected chi connectivity index (χ4v) is 2.81. The molecule has 0 radical (unpaired) electrons. The van der Waals surface area contributed by atoms with Crippen molar-refractivity contribution in [2.75, 3.05) is 25.1 Å². The first-order valence-electron chi connectivity index (χ1n) is 6.78. The van der Waals surface area contributed by atoms with Gasteiger partial charge in [0.25, 0.3) is 0 Å². The number of ether oxygens (including phenoxy) is 3. The number of thiazole rings is 1. The second-order valence-electron chi connectivity index (χ2n) is 4.68. The van der Waals surface area contributed by atoms with Crippen LogP contribution >= 0.6 is 11.3 Å². The van der Waals surface area contributed by atoms with Gasteiger partial charge >= 0.3 is 6.36 Å². The first-order valence-corrected chi connectivity index (χ1v) is 7.66. The van der Waals surface area contributed by atoms with Crippen molar-refractivity contribution in [3.05, 3.63) is 35.3 Å². The van der Waals surface area contributed by atoms with Gasteiger partial charge < -0.3 is 19.5 Å². The lowest BCUT2D eigenvalue weighted by Crippen LogP contribution is -2.22. The normalized spacial score (nSPS) is 18.7. The molecule has 124 valence electrons. The minimum Gasteiger partial charge on any atom is -0.404 e. The van der Waals surface area contributed by atoms with Gasteiger partial charge in [0.15, 0.2) is 10.9 Å². The molecule has 3 rings (SSSR count). The molecule has 0 spiro atoms. The average molecular weight is 346 g/mol. The van der Waals surface area contributed by atoms with E-state index in [4.69, 9.17) is 9.47 Å². The van der Waals surface area contributed by atoms with E-state index in [-0.39, 0.29) is 17.5 Å². The second kappa shape index (κ2) is 6.73. The van der Waals surface area contributed by atoms with E-state index in [1.807, 2.05) is 0 Å². The minimum atomic E-state index is -4.75. The molecule has 0 saturated carbocycles. The molecular formula is C14H13F3N2O3S. The van der Waals surface area contributed by atoms with E-state index < -0.39 is 6.36 Å². The van der Waals surface area contributed by atoms with E-state index in [0.29, 0.717) is 30.6 Å². The molecule has 1 saturated heterocycles. The summed E-state index contributed by atoms with van der Waals surface area (Å²) in [5, 5.41) is 5.08. The van der Waals surface area contributed by atoms with Gasteiger partial charge in [-0.15, -0.1) is 24.5 Å². The number of hydrogen-bond acceptors (Lipinski definition) is 6. The second-order valence-corrected chi connectivity index (χ2v) is 5.54. The van der Waals surface area contributed by atoms with Crippen molar-refractivity contribution in [1.82, 2.24) is 4.98 Å². The Labute approximate surface area is 134 Å². The van der Waals surface area contributed by atoms with Crippen LogP contribution in [0.4, 0.5) is 24.0 Å². The van der Waals surface area contributed by atoms with Crippen LogP contribution in [0.15, 0.2) is 29.6 Å². The van der Waals surface area contributed by atoms with E-state index in [1.54, 1.807) is 11.4 Å². The Kier molecular flexibility index (Phi) is 4.69. The summed E-state index contributed by atoms with van der Waals surface area (Å²) in [4.78, 5) is 4.33. The Morgan fingerprint density at radius 1 is 1.26 bits per heavy atom. The number of nitrogens with zero attached hydrogens (tertiary/aromatic N) is 1. The van der Waals surface area contributed by atoms with Crippen LogP contribution in [0.1, 0.15) is 11.8 Å². The Hall–Kier alpha value is -1.84. The molecule has 5 nitrogen and oxygen atoms in total. The molecule has 1 unspecified atom stereocenters. The summed E-state index contributed by atoms with van der Waals surface area (Å²) in [5.41, 5.74) is 0.873. The molecule has 2 aromatic rings. The molecule has 1 fully saturated rings. The minimum absolute atomic E-state index is 0.187. The molecule has 23 heavy (non-hydrogen) atoms. The number of nitrogens with one attached hydrogen (secondary N) is 1. The molecule has 0 aliphatic carbocycles. The molecule has 1 aliphatic rings. The first-order chi connectivity index (χ1) is 11.0. The molecule has 1 N–H and O–H groups in total. The number of para-hydroxylation sites is 2. The third-order valence-corrected chi connectivity index (χ3v) is 3.80. The molecule has 1 atom stereocenters. The Morgan fingerprint density at radius 3 is 2.83 bits per heavy atom. The predicted molar refractivity (Wildman–Crippen MR) is 78.0 cm³/mol. The van der Waals surface area contributed by atoms with Crippen molar-refractivity contribution in [3.8, 4) is 5.75 Å². The highest BCUT2D eigenvalue weighted by atomic mass is 32.1. The van der Waals surface area contributed by atoms with Crippen molar-refractivity contribution in [2.45, 2.75) is 12.5 Å². The summed E-state index contributed by atoms with van der Waals surface area (Å²) < 4.78 is 52.1. The maximum atomic E-state index is 12.4. The standard InChI is InChI=1S/C14H13F3N2O3S/c15-14(16,17)22-11-4-2-1-3-9(11)18-13-19-10(8-23-13)12-7-20-5-6-21-12/h1-4,8,12H,5-7H2,(H,18,19). The van der Waals surface area contributed by atoms with Crippen molar-refractivity contribution < 1.29 is 27.4 Å². The summed E-state index contributed by atoms with van der Waals surface area (Å²) in [6, 6.07) is 5.80. The summed E-state index contributed by atoms with van der Waals surface area (Å²) >= 11 is 1.27. The fraction of sp³-hybridized carbons (Fsp3) is 0.357. The van der Waals surface area contributed by atoms with Gasteiger partial charge in [-0.25, -0.2) is 4.98 Å². The van der Waals surface area contributed by atoms with Gasteiger partial charge in [-0.2, -0.15) is 0 Å². The van der Waals surface area contributed by atoms with Gasteiger partial charge in [0.2, 0.25) is 0 Å². The zero-order chi connectivity index (χ0) is 16.3. The third kappa shape index (κ3) is 4.34. The summed E-state index contributed by atoms with van der Waals surface area (Å²) in [6.07, 6.45) is -5.00. The van der Waals surface area contributed by atoms with Crippen LogP contribution < -0.4 is 10.1 Å². The lowest BCUT2D eigenvalue weighted by Gasteiger charge is -2.21. The quantitative estimate of drug-likeness (QED) is 0.911. The van der Waals surface area contributed by atoms with Crippen molar-refractivity contribution >= 4 is 22.2 Å². The molecule has 2 heterocycles. The van der Waals surface area contributed by atoms with Crippen LogP contribution in [0.3, 0.4) is 0 Å². The number of rotatable bonds is 4. The Bertz CT molecular complexity index is 657. The van der Waals surface area contributed by atoms with E-state index in [9.17, 15) is 13.2 Å². The van der Waals surface area contributed by atoms with E-state index >= 15 is 0 Å². The Morgan fingerprint density at radius 2 is 2.09 bits per heavy atom.